The van der Waals surface area contributed by atoms with Gasteiger partial charge in [-0.2, -0.15) is 0 Å². The number of fused-ring (bicyclic) bond motifs is 3. The van der Waals surface area contributed by atoms with Crippen LogP contribution in [0.25, 0.3) is 0 Å². The molecule has 0 aliphatic carbocycles. The molecule has 0 bridgehead atoms. The van der Waals surface area contributed by atoms with Gasteiger partial charge < -0.3 is 14.8 Å². The standard InChI is InChI=1S/C14H14N2O4/c1-2-15-12(18)9-5-3-4-6-10(9)16-11(17)7-8-14(15,16)13(19)20/h3-6H,2,7-8H2,1H3,(H,19,20)/p-1/t14-/m0/s1. The zero-order valence-corrected chi connectivity index (χ0v) is 11.0. The lowest BCUT2D eigenvalue weighted by molar-refractivity contribution is -0.317. The van der Waals surface area contributed by atoms with Crippen molar-refractivity contribution in [3.05, 3.63) is 29.8 Å². The highest BCUT2D eigenvalue weighted by Gasteiger charge is 2.56. The van der Waals surface area contributed by atoms with Crippen LogP contribution in [0, 0.1) is 0 Å². The highest BCUT2D eigenvalue weighted by atomic mass is 16.4. The number of rotatable bonds is 2. The van der Waals surface area contributed by atoms with E-state index in [4.69, 9.17) is 0 Å². The summed E-state index contributed by atoms with van der Waals surface area (Å²) in [7, 11) is 0. The van der Waals surface area contributed by atoms with Crippen molar-refractivity contribution in [2.24, 2.45) is 0 Å². The SMILES string of the molecule is CCN1C(=O)c2ccccc2N2C(=O)CC[C@]12C(=O)[O-]. The van der Waals surface area contributed by atoms with Crippen LogP contribution in [-0.2, 0) is 9.59 Å². The summed E-state index contributed by atoms with van der Waals surface area (Å²) in [6.07, 6.45) is 0.147. The maximum Gasteiger partial charge on any atom is 0.258 e. The van der Waals surface area contributed by atoms with E-state index in [9.17, 15) is 19.5 Å². The molecule has 104 valence electrons. The lowest BCUT2D eigenvalue weighted by Gasteiger charge is -2.50. The zero-order chi connectivity index (χ0) is 14.5. The van der Waals surface area contributed by atoms with Crippen molar-refractivity contribution >= 4 is 23.5 Å². The number of carboxylic acid groups (broad SMARTS) is 1. The van der Waals surface area contributed by atoms with Crippen molar-refractivity contribution in [2.75, 3.05) is 11.4 Å². The first kappa shape index (κ1) is 12.7. The molecule has 0 radical (unpaired) electrons. The average molecular weight is 273 g/mol. The van der Waals surface area contributed by atoms with E-state index in [1.54, 1.807) is 31.2 Å². The fraction of sp³-hybridized carbons (Fsp3) is 0.357. The molecule has 0 aromatic heterocycles. The summed E-state index contributed by atoms with van der Waals surface area (Å²) >= 11 is 0. The minimum Gasteiger partial charge on any atom is -0.545 e. The van der Waals surface area contributed by atoms with E-state index in [-0.39, 0.29) is 31.2 Å². The highest BCUT2D eigenvalue weighted by molar-refractivity contribution is 6.15. The summed E-state index contributed by atoms with van der Waals surface area (Å²) in [5.74, 6) is -2.08. The Morgan fingerprint density at radius 2 is 2.05 bits per heavy atom. The van der Waals surface area contributed by atoms with Crippen molar-refractivity contribution in [3.63, 3.8) is 0 Å². The second kappa shape index (κ2) is 4.06. The topological polar surface area (TPSA) is 80.8 Å². The van der Waals surface area contributed by atoms with Gasteiger partial charge in [-0.05, 0) is 19.1 Å². The van der Waals surface area contributed by atoms with Gasteiger partial charge in [-0.15, -0.1) is 0 Å². The molecule has 1 atom stereocenters. The number of carbonyl (C=O) groups is 3. The van der Waals surface area contributed by atoms with Gasteiger partial charge in [0.2, 0.25) is 5.91 Å². The van der Waals surface area contributed by atoms with Crippen molar-refractivity contribution < 1.29 is 19.5 Å². The molecule has 2 aliphatic rings. The van der Waals surface area contributed by atoms with Crippen LogP contribution < -0.4 is 10.0 Å². The molecule has 6 nitrogen and oxygen atoms in total. The Labute approximate surface area is 115 Å². The van der Waals surface area contributed by atoms with E-state index in [1.807, 2.05) is 0 Å². The van der Waals surface area contributed by atoms with Crippen LogP contribution in [0.5, 0.6) is 0 Å². The van der Waals surface area contributed by atoms with E-state index in [2.05, 4.69) is 0 Å². The van der Waals surface area contributed by atoms with Crippen LogP contribution in [0.4, 0.5) is 5.69 Å². The Balaban J connectivity index is 2.31. The molecule has 1 aromatic rings. The molecule has 1 aromatic carbocycles. The first-order valence-electron chi connectivity index (χ1n) is 6.49. The molecular formula is C14H13N2O4-. The molecule has 1 fully saturated rings. The van der Waals surface area contributed by atoms with E-state index < -0.39 is 11.6 Å². The van der Waals surface area contributed by atoms with Crippen molar-refractivity contribution in [2.45, 2.75) is 25.4 Å². The van der Waals surface area contributed by atoms with Crippen molar-refractivity contribution in [1.82, 2.24) is 4.90 Å². The third kappa shape index (κ3) is 1.31. The molecular weight excluding hydrogens is 260 g/mol. The molecule has 6 heteroatoms. The van der Waals surface area contributed by atoms with Gasteiger partial charge in [0.1, 0.15) is 0 Å². The zero-order valence-electron chi connectivity index (χ0n) is 11.0. The molecule has 0 N–H and O–H groups in total. The molecule has 3 rings (SSSR count). The summed E-state index contributed by atoms with van der Waals surface area (Å²) in [5, 5.41) is 11.7. The minimum atomic E-state index is -1.68. The second-order valence-corrected chi connectivity index (χ2v) is 4.90. The number of hydrogen-bond donors (Lipinski definition) is 0. The molecule has 2 amide bonds. The summed E-state index contributed by atoms with van der Waals surface area (Å²) in [4.78, 5) is 38.8. The maximum absolute atomic E-state index is 12.5. The van der Waals surface area contributed by atoms with Gasteiger partial charge in [0.25, 0.3) is 5.91 Å². The third-order valence-corrected chi connectivity index (χ3v) is 4.02. The Morgan fingerprint density at radius 3 is 2.70 bits per heavy atom. The summed E-state index contributed by atoms with van der Waals surface area (Å²) in [5.41, 5.74) is -0.979. The van der Waals surface area contributed by atoms with Crippen LogP contribution in [0.2, 0.25) is 0 Å². The fourth-order valence-electron chi connectivity index (χ4n) is 3.17. The number of carboxylic acids is 1. The van der Waals surface area contributed by atoms with Crippen molar-refractivity contribution in [1.29, 1.82) is 0 Å². The molecule has 0 spiro atoms. The predicted octanol–water partition coefficient (Wildman–Crippen LogP) is -0.265. The van der Waals surface area contributed by atoms with Crippen molar-refractivity contribution in [3.8, 4) is 0 Å². The monoisotopic (exact) mass is 273 g/mol. The van der Waals surface area contributed by atoms with Crippen LogP contribution in [0.1, 0.15) is 30.1 Å². The van der Waals surface area contributed by atoms with Gasteiger partial charge in [0.05, 0.1) is 17.2 Å². The van der Waals surface area contributed by atoms with E-state index in [1.165, 1.54) is 9.80 Å². The van der Waals surface area contributed by atoms with Crippen LogP contribution in [0.3, 0.4) is 0 Å². The molecule has 2 aliphatic heterocycles. The number of para-hydroxylation sites is 1. The van der Waals surface area contributed by atoms with E-state index in [0.29, 0.717) is 11.3 Å². The van der Waals surface area contributed by atoms with E-state index in [0.717, 1.165) is 0 Å². The lowest BCUT2D eigenvalue weighted by atomic mass is 9.97. The molecule has 0 unspecified atom stereocenters. The summed E-state index contributed by atoms with van der Waals surface area (Å²) in [6.45, 7) is 1.89. The van der Waals surface area contributed by atoms with Gasteiger partial charge in [0.15, 0.2) is 5.66 Å². The lowest BCUT2D eigenvalue weighted by Crippen LogP contribution is -2.71. The Kier molecular flexibility index (Phi) is 2.57. The number of hydrogen-bond acceptors (Lipinski definition) is 4. The quantitative estimate of drug-likeness (QED) is 0.743. The molecule has 0 saturated carbocycles. The minimum absolute atomic E-state index is 0.0576. The number of benzene rings is 1. The maximum atomic E-state index is 12.5. The number of carbonyl (C=O) groups excluding carboxylic acids is 3. The highest BCUT2D eigenvalue weighted by Crippen LogP contribution is 2.43. The number of anilines is 1. The Bertz CT molecular complexity index is 627. The number of aliphatic carboxylic acids is 1. The summed E-state index contributed by atoms with van der Waals surface area (Å²) in [6, 6.07) is 6.57. The van der Waals surface area contributed by atoms with Gasteiger partial charge in [-0.3, -0.25) is 14.5 Å². The predicted molar refractivity (Wildman–Crippen MR) is 67.6 cm³/mol. The number of likely N-dealkylation sites (N-methyl/N-ethyl adjacent to an activating group) is 1. The first-order chi connectivity index (χ1) is 9.54. The Morgan fingerprint density at radius 1 is 1.35 bits per heavy atom. The number of nitrogens with zero attached hydrogens (tertiary/aromatic N) is 2. The number of amides is 2. The van der Waals surface area contributed by atoms with Gasteiger partial charge >= 0.3 is 0 Å². The van der Waals surface area contributed by atoms with Crippen LogP contribution in [0.15, 0.2) is 24.3 Å². The third-order valence-electron chi connectivity index (χ3n) is 4.02. The Hall–Kier alpha value is -2.37. The van der Waals surface area contributed by atoms with Gasteiger partial charge in [-0.1, -0.05) is 12.1 Å². The second-order valence-electron chi connectivity index (χ2n) is 4.90. The van der Waals surface area contributed by atoms with Gasteiger partial charge in [0, 0.05) is 19.4 Å². The smallest absolute Gasteiger partial charge is 0.258 e. The summed E-state index contributed by atoms with van der Waals surface area (Å²) < 4.78 is 0. The molecule has 20 heavy (non-hydrogen) atoms. The molecule has 2 heterocycles. The largest absolute Gasteiger partial charge is 0.545 e. The van der Waals surface area contributed by atoms with Crippen LogP contribution >= 0.6 is 0 Å². The van der Waals surface area contributed by atoms with Gasteiger partial charge in [-0.25, -0.2) is 0 Å². The average Bonchev–Trinajstić information content (AvgIpc) is 2.79. The molecule has 1 saturated heterocycles. The fourth-order valence-corrected chi connectivity index (χ4v) is 3.17. The first-order valence-corrected chi connectivity index (χ1v) is 6.49. The van der Waals surface area contributed by atoms with E-state index >= 15 is 0 Å². The van der Waals surface area contributed by atoms with Crippen LogP contribution in [-0.4, -0.2) is 34.9 Å². The normalized spacial score (nSPS) is 24.6.